The molecule has 0 unspecified atom stereocenters. The molecule has 32 aromatic rings. The fraction of sp³-hybridized carbons (Fsp3) is 0.0476. The molecule has 0 aliphatic heterocycles. The maximum atomic E-state index is 6.01. The first kappa shape index (κ1) is 80.5. The first-order valence-corrected chi connectivity index (χ1v) is 48.7. The number of aromatic nitrogens is 8. The number of aryl methyl sites for hydroxylation is 6. The molecule has 0 spiro atoms. The number of fused-ring (bicyclic) bond motifs is 38. The SMILES string of the molecule is Cn1c2ccccc2c2c3c(ccc21)oc1ccccc13.Cn1c2ccccc2c2c3c(ccc21)sc1ccccc13.Cn1c2ccccc2c2cc3c(cc21)c1ccccc1n3-c1ccccc1.Cn1c2ccccc2c2cc3c(cc21)oc1ccccc13.Cn1c2ccccc2c2cc3c(cc21)sc1ccccc13.Cn1c2ccccc2c2cc3c4ccccc4n(-c4ccccc4)c3cc21. The van der Waals surface area contributed by atoms with Crippen molar-refractivity contribution >= 4 is 281 Å². The van der Waals surface area contributed by atoms with Crippen LogP contribution in [0.15, 0.2) is 433 Å². The van der Waals surface area contributed by atoms with E-state index in [1.165, 1.54) is 248 Å². The van der Waals surface area contributed by atoms with Crippen LogP contribution in [-0.2, 0) is 42.3 Å². The lowest BCUT2D eigenvalue weighted by Gasteiger charge is -2.08. The van der Waals surface area contributed by atoms with Crippen LogP contribution in [0, 0.1) is 0 Å². The molecular weight excluding hydrogens is 1720 g/mol. The van der Waals surface area contributed by atoms with Gasteiger partial charge in [0.05, 0.1) is 38.6 Å². The molecule has 10 nitrogen and oxygen atoms in total. The van der Waals surface area contributed by atoms with E-state index < -0.39 is 0 Å². The summed E-state index contributed by atoms with van der Waals surface area (Å²) in [5, 5.41) is 31.3. The van der Waals surface area contributed by atoms with Gasteiger partial charge in [0, 0.05) is 257 Å². The maximum absolute atomic E-state index is 6.01. The molecule has 12 heterocycles. The average Bonchev–Trinajstić information content (AvgIpc) is 1.58. The minimum absolute atomic E-state index is 0.951. The van der Waals surface area contributed by atoms with Gasteiger partial charge in [0.25, 0.3) is 0 Å². The molecule has 0 aliphatic rings. The molecular formula is C126H88N8O2S2. The summed E-state index contributed by atoms with van der Waals surface area (Å²) in [5.74, 6) is 0. The van der Waals surface area contributed by atoms with Crippen molar-refractivity contribution in [3.05, 3.63) is 425 Å². The number of rotatable bonds is 2. The van der Waals surface area contributed by atoms with Gasteiger partial charge in [-0.25, -0.2) is 0 Å². The molecule has 0 amide bonds. The van der Waals surface area contributed by atoms with E-state index in [1.807, 2.05) is 46.9 Å². The summed E-state index contributed by atoms with van der Waals surface area (Å²) in [7, 11) is 12.9. The van der Waals surface area contributed by atoms with Gasteiger partial charge in [0.2, 0.25) is 0 Å². The van der Waals surface area contributed by atoms with Crippen LogP contribution >= 0.6 is 22.7 Å². The van der Waals surface area contributed by atoms with Crippen molar-refractivity contribution in [3.63, 3.8) is 0 Å². The lowest BCUT2D eigenvalue weighted by Crippen LogP contribution is -1.93. The molecule has 0 saturated carbocycles. The molecule has 20 aromatic carbocycles. The van der Waals surface area contributed by atoms with Crippen molar-refractivity contribution in [3.8, 4) is 11.4 Å². The van der Waals surface area contributed by atoms with E-state index >= 15 is 0 Å². The Labute approximate surface area is 799 Å². The van der Waals surface area contributed by atoms with Crippen molar-refractivity contribution in [2.75, 3.05) is 0 Å². The predicted molar refractivity (Wildman–Crippen MR) is 592 cm³/mol. The summed E-state index contributed by atoms with van der Waals surface area (Å²) < 4.78 is 35.9. The van der Waals surface area contributed by atoms with Crippen molar-refractivity contribution in [1.82, 2.24) is 36.5 Å². The van der Waals surface area contributed by atoms with Gasteiger partial charge in [-0.05, 0) is 164 Å². The number of para-hydroxylation sites is 12. The van der Waals surface area contributed by atoms with Crippen LogP contribution in [0.1, 0.15) is 0 Å². The molecule has 0 saturated heterocycles. The molecule has 0 bridgehead atoms. The topological polar surface area (TPSA) is 65.7 Å². The normalized spacial score (nSPS) is 12.0. The van der Waals surface area contributed by atoms with Gasteiger partial charge in [-0.2, -0.15) is 0 Å². The Kier molecular flexibility index (Phi) is 18.5. The Balaban J connectivity index is 0.0000000838. The minimum Gasteiger partial charge on any atom is -0.456 e. The number of nitrogens with zero attached hydrogens (tertiary/aromatic N) is 8. The molecule has 0 atom stereocenters. The minimum atomic E-state index is 0.951. The Morgan fingerprint density at radius 1 is 0.145 bits per heavy atom. The van der Waals surface area contributed by atoms with Crippen LogP contribution in [0.25, 0.3) is 270 Å². The number of furan rings is 2. The predicted octanol–water partition coefficient (Wildman–Crippen LogP) is 34.7. The van der Waals surface area contributed by atoms with Crippen LogP contribution in [0.2, 0.25) is 0 Å². The van der Waals surface area contributed by atoms with E-state index in [4.69, 9.17) is 8.83 Å². The third-order valence-corrected chi connectivity index (χ3v) is 31.4. The van der Waals surface area contributed by atoms with Gasteiger partial charge in [-0.1, -0.05) is 255 Å². The van der Waals surface area contributed by atoms with Gasteiger partial charge < -0.3 is 45.4 Å². The first-order chi connectivity index (χ1) is 68.0. The van der Waals surface area contributed by atoms with E-state index in [-0.39, 0.29) is 0 Å². The molecule has 0 radical (unpaired) electrons. The van der Waals surface area contributed by atoms with Gasteiger partial charge in [0.15, 0.2) is 0 Å². The monoisotopic (exact) mass is 1810 g/mol. The summed E-state index contributed by atoms with van der Waals surface area (Å²) in [5.41, 5.74) is 26.5. The number of hydrogen-bond donors (Lipinski definition) is 0. The highest BCUT2D eigenvalue weighted by Crippen LogP contribution is 2.47. The molecule has 138 heavy (non-hydrogen) atoms. The molecule has 0 fully saturated rings. The van der Waals surface area contributed by atoms with E-state index in [0.717, 1.165) is 22.3 Å². The second-order valence-electron chi connectivity index (χ2n) is 36.4. The largest absolute Gasteiger partial charge is 0.456 e. The van der Waals surface area contributed by atoms with Crippen LogP contribution in [0.5, 0.6) is 0 Å². The van der Waals surface area contributed by atoms with Gasteiger partial charge in [-0.15, -0.1) is 22.7 Å². The second kappa shape index (κ2) is 31.8. The summed E-state index contributed by atoms with van der Waals surface area (Å²) in [6, 6.07) is 152. The molecule has 12 aromatic heterocycles. The lowest BCUT2D eigenvalue weighted by molar-refractivity contribution is 0.669. The van der Waals surface area contributed by atoms with Gasteiger partial charge in [-0.3, -0.25) is 0 Å². The Bertz CT molecular complexity index is 10200. The van der Waals surface area contributed by atoms with Crippen LogP contribution in [-0.4, -0.2) is 36.5 Å². The number of hydrogen-bond acceptors (Lipinski definition) is 4. The molecule has 12 heteroatoms. The summed E-state index contributed by atoms with van der Waals surface area (Å²) in [6.07, 6.45) is 0. The van der Waals surface area contributed by atoms with E-state index in [0.29, 0.717) is 0 Å². The van der Waals surface area contributed by atoms with Gasteiger partial charge in [0.1, 0.15) is 22.3 Å². The van der Waals surface area contributed by atoms with Crippen molar-refractivity contribution in [1.29, 1.82) is 0 Å². The fourth-order valence-corrected chi connectivity index (χ4v) is 24.9. The highest BCUT2D eigenvalue weighted by atomic mass is 32.1. The van der Waals surface area contributed by atoms with Gasteiger partial charge >= 0.3 is 0 Å². The standard InChI is InChI=1S/2C25H18N2.2C19H13NO.2C19H13NS/c1-26-22-13-7-5-11-18(22)20-16-25-21(15-24(20)26)19-12-6-8-14-23(19)27(25)17-9-3-2-4-10-17;1-26-22-13-7-5-11-18(22)20-15-21-19-12-6-8-14-23(19)27(25(21)16-24(20)26)17-9-3-2-4-10-17;1-20-16-8-4-2-6-12(16)14-10-15-13-7-3-5-9-18(13)21-19(15)11-17(14)20;1-20-14-8-4-2-6-12(14)18-15(20)10-11-17-19(18)13-7-3-5-9-16(13)21-17;1-20-16-8-4-2-6-12(16)14-10-15-13-7-3-5-9-18(13)21-19(15)11-17(14)20;1-20-14-8-4-2-6-12(14)18-15(20)10-11-17-19(18)13-7-3-5-9-16(13)21-17/h2*2-16H,1H3;4*2-11H,1H3. The van der Waals surface area contributed by atoms with Crippen molar-refractivity contribution < 1.29 is 8.83 Å². The number of thiophene rings is 2. The molecule has 32 rings (SSSR count). The van der Waals surface area contributed by atoms with Crippen LogP contribution in [0.4, 0.5) is 0 Å². The lowest BCUT2D eigenvalue weighted by atomic mass is 10.1. The van der Waals surface area contributed by atoms with Crippen molar-refractivity contribution in [2.24, 2.45) is 42.3 Å². The smallest absolute Gasteiger partial charge is 0.137 e. The van der Waals surface area contributed by atoms with Crippen molar-refractivity contribution in [2.45, 2.75) is 0 Å². The van der Waals surface area contributed by atoms with E-state index in [1.54, 1.807) is 0 Å². The molecule has 0 N–H and O–H groups in total. The summed E-state index contributed by atoms with van der Waals surface area (Å²) in [6.45, 7) is 0. The van der Waals surface area contributed by atoms with Crippen LogP contribution in [0.3, 0.4) is 0 Å². The zero-order valence-corrected chi connectivity index (χ0v) is 78.3. The molecule has 656 valence electrons. The third-order valence-electron chi connectivity index (χ3n) is 29.1. The third kappa shape index (κ3) is 12.4. The zero-order chi connectivity index (χ0) is 91.8. The summed E-state index contributed by atoms with van der Waals surface area (Å²) >= 11 is 3.77. The average molecular weight is 1810 g/mol. The Morgan fingerprint density at radius 3 is 0.978 bits per heavy atom. The van der Waals surface area contributed by atoms with E-state index in [2.05, 4.69) is 479 Å². The Morgan fingerprint density at radius 2 is 0.457 bits per heavy atom. The summed E-state index contributed by atoms with van der Waals surface area (Å²) in [4.78, 5) is 0. The Hall–Kier alpha value is -17.2. The first-order valence-electron chi connectivity index (χ1n) is 47.0. The fourth-order valence-electron chi connectivity index (χ4n) is 22.6. The highest BCUT2D eigenvalue weighted by Gasteiger charge is 2.24. The molecule has 0 aliphatic carbocycles. The quantitative estimate of drug-likeness (QED) is 0.173. The maximum Gasteiger partial charge on any atom is 0.137 e. The highest BCUT2D eigenvalue weighted by molar-refractivity contribution is 7.26. The second-order valence-corrected chi connectivity index (χ2v) is 38.6. The van der Waals surface area contributed by atoms with E-state index in [9.17, 15) is 0 Å². The number of benzene rings is 20. The van der Waals surface area contributed by atoms with Crippen LogP contribution < -0.4 is 0 Å². The zero-order valence-electron chi connectivity index (χ0n) is 76.6.